The topological polar surface area (TPSA) is 73.8 Å². The van der Waals surface area contributed by atoms with Gasteiger partial charge in [0.1, 0.15) is 11.5 Å². The van der Waals surface area contributed by atoms with E-state index >= 15 is 0 Å². The molecule has 1 unspecified atom stereocenters. The zero-order valence-electron chi connectivity index (χ0n) is 22.9. The predicted molar refractivity (Wildman–Crippen MR) is 162 cm³/mol. The number of carbonyl (C=O) groups excluding carboxylic acids is 1. The van der Waals surface area contributed by atoms with Crippen LogP contribution < -0.4 is 14.9 Å². The Hall–Kier alpha value is -3.49. The van der Waals surface area contributed by atoms with Crippen molar-refractivity contribution in [1.82, 2.24) is 4.57 Å². The number of ether oxygens (including phenoxy) is 1. The van der Waals surface area contributed by atoms with Crippen molar-refractivity contribution in [2.24, 2.45) is 4.99 Å². The maximum absolute atomic E-state index is 13.9. The van der Waals surface area contributed by atoms with Gasteiger partial charge in [0.15, 0.2) is 4.80 Å². The predicted octanol–water partition coefficient (Wildman–Crippen LogP) is 6.72. The van der Waals surface area contributed by atoms with Crippen molar-refractivity contribution in [3.05, 3.63) is 113 Å². The van der Waals surface area contributed by atoms with Gasteiger partial charge in [-0.25, -0.2) is 9.79 Å². The third-order valence-corrected chi connectivity index (χ3v) is 8.35. The molecule has 5 rings (SSSR count). The summed E-state index contributed by atoms with van der Waals surface area (Å²) in [6, 6.07) is 19.1. The fraction of sp³-hybridized carbons (Fsp3) is 0.281. The summed E-state index contributed by atoms with van der Waals surface area (Å²) in [5.41, 5.74) is 3.85. The average Bonchev–Trinajstić information content (AvgIpc) is 3.53. The van der Waals surface area contributed by atoms with E-state index in [-0.39, 0.29) is 12.2 Å². The molecule has 4 aromatic rings. The Morgan fingerprint density at radius 2 is 1.82 bits per heavy atom. The maximum atomic E-state index is 13.9. The van der Waals surface area contributed by atoms with E-state index in [9.17, 15) is 9.59 Å². The van der Waals surface area contributed by atoms with Gasteiger partial charge in [0.25, 0.3) is 5.56 Å². The lowest BCUT2D eigenvalue weighted by molar-refractivity contribution is -0.139. The second-order valence-corrected chi connectivity index (χ2v) is 11.9. The third-order valence-electron chi connectivity index (χ3n) is 6.84. The van der Waals surface area contributed by atoms with Crippen LogP contribution in [0, 0.1) is 0 Å². The number of rotatable bonds is 8. The second-order valence-electron chi connectivity index (χ2n) is 9.94. The summed E-state index contributed by atoms with van der Waals surface area (Å²) in [5, 5.41) is 0. The zero-order chi connectivity index (χ0) is 28.4. The molecule has 0 radical (unpaired) electrons. The van der Waals surface area contributed by atoms with Gasteiger partial charge < -0.3 is 9.15 Å². The molecule has 0 amide bonds. The standard InChI is InChI=1S/C32H31BrN2O4S/c1-5-7-25-28(31(37)38-6-2)29(22-10-8-20(9-11-22)19(3)4)35-30(36)27(40-32(35)34-25)18-24-16-17-26(39-24)21-12-14-23(33)15-13-21/h8-19,29H,5-7H2,1-4H3/b27-18-. The molecule has 2 aromatic heterocycles. The molecule has 3 heterocycles. The summed E-state index contributed by atoms with van der Waals surface area (Å²) in [4.78, 5) is 32.7. The minimum Gasteiger partial charge on any atom is -0.463 e. The SMILES string of the molecule is CCCC1=C(C(=O)OCC)C(c2ccc(C(C)C)cc2)n2c(s/c(=C\c3ccc(-c4ccc(Br)cc4)o3)c2=O)=N1. The number of thiazole rings is 1. The average molecular weight is 620 g/mol. The molecule has 1 aliphatic rings. The van der Waals surface area contributed by atoms with E-state index in [2.05, 4.69) is 41.9 Å². The van der Waals surface area contributed by atoms with Gasteiger partial charge in [-0.2, -0.15) is 0 Å². The van der Waals surface area contributed by atoms with Crippen LogP contribution in [0.2, 0.25) is 0 Å². The number of hydrogen-bond acceptors (Lipinski definition) is 6. The first-order chi connectivity index (χ1) is 19.3. The highest BCUT2D eigenvalue weighted by atomic mass is 79.9. The fourth-order valence-electron chi connectivity index (χ4n) is 4.83. The van der Waals surface area contributed by atoms with Crippen LogP contribution in [0.4, 0.5) is 0 Å². The molecule has 1 atom stereocenters. The summed E-state index contributed by atoms with van der Waals surface area (Å²) in [7, 11) is 0. The number of halogens is 1. The molecule has 2 aromatic carbocycles. The number of esters is 1. The Morgan fingerprint density at radius 3 is 2.48 bits per heavy atom. The highest BCUT2D eigenvalue weighted by Crippen LogP contribution is 2.33. The lowest BCUT2D eigenvalue weighted by Crippen LogP contribution is -2.40. The van der Waals surface area contributed by atoms with Gasteiger partial charge in [0.2, 0.25) is 0 Å². The number of benzene rings is 2. The van der Waals surface area contributed by atoms with E-state index in [1.807, 2.05) is 55.5 Å². The molecule has 0 spiro atoms. The molecule has 0 fully saturated rings. The largest absolute Gasteiger partial charge is 0.463 e. The Morgan fingerprint density at radius 1 is 1.10 bits per heavy atom. The molecule has 0 N–H and O–H groups in total. The molecule has 40 heavy (non-hydrogen) atoms. The highest BCUT2D eigenvalue weighted by Gasteiger charge is 2.34. The van der Waals surface area contributed by atoms with E-state index in [0.29, 0.717) is 44.5 Å². The zero-order valence-corrected chi connectivity index (χ0v) is 25.3. The first kappa shape index (κ1) is 28.1. The lowest BCUT2D eigenvalue weighted by atomic mass is 9.92. The molecule has 6 nitrogen and oxygen atoms in total. The normalized spacial score (nSPS) is 15.3. The molecule has 1 aliphatic heterocycles. The lowest BCUT2D eigenvalue weighted by Gasteiger charge is -2.26. The first-order valence-electron chi connectivity index (χ1n) is 13.5. The molecular weight excluding hydrogens is 588 g/mol. The minimum absolute atomic E-state index is 0.222. The second kappa shape index (κ2) is 11.9. The maximum Gasteiger partial charge on any atom is 0.338 e. The van der Waals surface area contributed by atoms with E-state index in [1.165, 1.54) is 16.9 Å². The Balaban J connectivity index is 1.66. The van der Waals surface area contributed by atoms with Crippen LogP contribution in [-0.4, -0.2) is 17.1 Å². The number of nitrogens with zero attached hydrogens (tertiary/aromatic N) is 2. The smallest absolute Gasteiger partial charge is 0.338 e. The summed E-state index contributed by atoms with van der Waals surface area (Å²) in [6.45, 7) is 8.35. The monoisotopic (exact) mass is 618 g/mol. The van der Waals surface area contributed by atoms with E-state index in [0.717, 1.165) is 22.0 Å². The third kappa shape index (κ3) is 5.56. The van der Waals surface area contributed by atoms with Crippen LogP contribution in [0.1, 0.15) is 69.4 Å². The molecule has 8 heteroatoms. The number of aromatic nitrogens is 1. The van der Waals surface area contributed by atoms with Crippen molar-refractivity contribution in [2.45, 2.75) is 52.5 Å². The fourth-order valence-corrected chi connectivity index (χ4v) is 6.09. The number of furan rings is 1. The van der Waals surface area contributed by atoms with Crippen LogP contribution in [0.25, 0.3) is 17.4 Å². The summed E-state index contributed by atoms with van der Waals surface area (Å²) >= 11 is 4.76. The number of fused-ring (bicyclic) bond motifs is 1. The van der Waals surface area contributed by atoms with Gasteiger partial charge in [0, 0.05) is 16.1 Å². The molecule has 206 valence electrons. The van der Waals surface area contributed by atoms with Crippen LogP contribution >= 0.6 is 27.3 Å². The minimum atomic E-state index is -0.630. The van der Waals surface area contributed by atoms with Gasteiger partial charge in [-0.1, -0.05) is 90.9 Å². The van der Waals surface area contributed by atoms with Gasteiger partial charge >= 0.3 is 5.97 Å². The van der Waals surface area contributed by atoms with E-state index in [4.69, 9.17) is 14.1 Å². The Bertz CT molecular complexity index is 1740. The van der Waals surface area contributed by atoms with Crippen molar-refractivity contribution in [2.75, 3.05) is 6.61 Å². The van der Waals surface area contributed by atoms with Crippen LogP contribution in [0.5, 0.6) is 0 Å². The summed E-state index contributed by atoms with van der Waals surface area (Å²) < 4.78 is 14.7. The van der Waals surface area contributed by atoms with Crippen molar-refractivity contribution in [1.29, 1.82) is 0 Å². The van der Waals surface area contributed by atoms with Crippen molar-refractivity contribution in [3.63, 3.8) is 0 Å². The number of carbonyl (C=O) groups is 1. The van der Waals surface area contributed by atoms with Gasteiger partial charge in [-0.15, -0.1) is 0 Å². The molecule has 0 saturated carbocycles. The van der Waals surface area contributed by atoms with Crippen LogP contribution in [0.15, 0.2) is 90.6 Å². The molecular formula is C32H31BrN2O4S. The van der Waals surface area contributed by atoms with Crippen molar-refractivity contribution >= 4 is 39.3 Å². The molecule has 0 aliphatic carbocycles. The first-order valence-corrected chi connectivity index (χ1v) is 15.1. The van der Waals surface area contributed by atoms with E-state index in [1.54, 1.807) is 17.6 Å². The highest BCUT2D eigenvalue weighted by molar-refractivity contribution is 9.10. The Kier molecular flexibility index (Phi) is 8.38. The van der Waals surface area contributed by atoms with E-state index < -0.39 is 12.0 Å². The Labute approximate surface area is 245 Å². The molecule has 0 bridgehead atoms. The number of hydrogen-bond donors (Lipinski definition) is 0. The number of allylic oxidation sites excluding steroid dienone is 1. The van der Waals surface area contributed by atoms with Crippen molar-refractivity contribution in [3.8, 4) is 11.3 Å². The van der Waals surface area contributed by atoms with Crippen LogP contribution in [0.3, 0.4) is 0 Å². The molecule has 0 saturated heterocycles. The van der Waals surface area contributed by atoms with Gasteiger partial charge in [-0.3, -0.25) is 9.36 Å². The van der Waals surface area contributed by atoms with Gasteiger partial charge in [0.05, 0.1) is 28.5 Å². The summed E-state index contributed by atoms with van der Waals surface area (Å²) in [6.07, 6.45) is 3.16. The quantitative estimate of drug-likeness (QED) is 0.205. The van der Waals surface area contributed by atoms with Gasteiger partial charge in [-0.05, 0) is 54.7 Å². The van der Waals surface area contributed by atoms with Crippen LogP contribution in [-0.2, 0) is 9.53 Å². The summed E-state index contributed by atoms with van der Waals surface area (Å²) in [5.74, 6) is 1.21. The van der Waals surface area contributed by atoms with Crippen molar-refractivity contribution < 1.29 is 13.9 Å².